The van der Waals surface area contributed by atoms with Crippen LogP contribution in [-0.2, 0) is 0 Å². The highest BCUT2D eigenvalue weighted by Gasteiger charge is 2.31. The normalized spacial score (nSPS) is 11.0. The molecule has 0 radical (unpaired) electrons. The van der Waals surface area contributed by atoms with Gasteiger partial charge in [-0.05, 0) is 32.9 Å². The number of nitrogens with zero attached hydrogens (tertiary/aromatic N) is 2. The van der Waals surface area contributed by atoms with Gasteiger partial charge in [0.05, 0.1) is 4.92 Å². The van der Waals surface area contributed by atoms with Crippen molar-refractivity contribution in [2.24, 2.45) is 0 Å². The molecule has 108 valence electrons. The molecule has 1 amide bonds. The van der Waals surface area contributed by atoms with E-state index in [1.54, 1.807) is 20.8 Å². The quantitative estimate of drug-likeness (QED) is 0.483. The summed E-state index contributed by atoms with van der Waals surface area (Å²) in [5.74, 6) is -1.28. The number of hydrogen-bond acceptors (Lipinski definition) is 3. The maximum absolute atomic E-state index is 13.3. The van der Waals surface area contributed by atoms with Crippen LogP contribution in [0.2, 0.25) is 0 Å². The maximum atomic E-state index is 13.3. The molecule has 0 spiro atoms. The predicted octanol–water partition coefficient (Wildman–Crippen LogP) is 3.16. The first-order valence-corrected chi connectivity index (χ1v) is 6.05. The molecule has 0 heterocycles. The van der Waals surface area contributed by atoms with Crippen LogP contribution < -0.4 is 0 Å². The molecule has 0 aliphatic heterocycles. The first-order chi connectivity index (χ1) is 9.18. The van der Waals surface area contributed by atoms with Crippen LogP contribution in [0.15, 0.2) is 30.9 Å². The van der Waals surface area contributed by atoms with Crippen LogP contribution in [0.1, 0.15) is 31.1 Å². The molecule has 0 aliphatic carbocycles. The number of rotatable bonds is 4. The smallest absolute Gasteiger partial charge is 0.282 e. The van der Waals surface area contributed by atoms with Crippen LogP contribution in [0.5, 0.6) is 0 Å². The van der Waals surface area contributed by atoms with E-state index in [-0.39, 0.29) is 12.1 Å². The van der Waals surface area contributed by atoms with Gasteiger partial charge in [-0.15, -0.1) is 6.58 Å². The van der Waals surface area contributed by atoms with Gasteiger partial charge in [-0.3, -0.25) is 14.9 Å². The van der Waals surface area contributed by atoms with E-state index in [0.29, 0.717) is 0 Å². The summed E-state index contributed by atoms with van der Waals surface area (Å²) >= 11 is 0. The molecule has 0 bridgehead atoms. The molecule has 0 atom stereocenters. The third-order valence-electron chi connectivity index (χ3n) is 2.75. The van der Waals surface area contributed by atoms with E-state index >= 15 is 0 Å². The molecular formula is C14H17FN2O3. The zero-order valence-corrected chi connectivity index (χ0v) is 11.7. The first kappa shape index (κ1) is 15.8. The van der Waals surface area contributed by atoms with Crippen molar-refractivity contribution in [3.63, 3.8) is 0 Å². The van der Waals surface area contributed by atoms with E-state index < -0.39 is 27.9 Å². The molecule has 0 fully saturated rings. The van der Waals surface area contributed by atoms with Crippen LogP contribution in [-0.4, -0.2) is 27.8 Å². The Morgan fingerprint density at radius 3 is 2.55 bits per heavy atom. The van der Waals surface area contributed by atoms with E-state index in [9.17, 15) is 19.3 Å². The summed E-state index contributed by atoms with van der Waals surface area (Å²) in [4.78, 5) is 24.1. The summed E-state index contributed by atoms with van der Waals surface area (Å²) in [6.45, 7) is 9.16. The second kappa shape index (κ2) is 5.81. The van der Waals surface area contributed by atoms with Crippen LogP contribution in [0.4, 0.5) is 10.1 Å². The SMILES string of the molecule is C=CCN(C(=O)c1cc(F)ccc1[N+](=O)[O-])C(C)(C)C. The molecule has 0 saturated heterocycles. The number of nitro groups is 1. The first-order valence-electron chi connectivity index (χ1n) is 6.05. The Hall–Kier alpha value is -2.24. The fourth-order valence-corrected chi connectivity index (χ4v) is 1.77. The number of carbonyl (C=O) groups excluding carboxylic acids is 1. The number of halogens is 1. The Bertz CT molecular complexity index is 550. The van der Waals surface area contributed by atoms with Gasteiger partial charge in [0.25, 0.3) is 11.6 Å². The fraction of sp³-hybridized carbons (Fsp3) is 0.357. The van der Waals surface area contributed by atoms with Gasteiger partial charge in [-0.2, -0.15) is 0 Å². The van der Waals surface area contributed by atoms with Crippen LogP contribution in [0.3, 0.4) is 0 Å². The molecule has 20 heavy (non-hydrogen) atoms. The van der Waals surface area contributed by atoms with Gasteiger partial charge < -0.3 is 4.90 Å². The highest BCUT2D eigenvalue weighted by molar-refractivity contribution is 5.98. The highest BCUT2D eigenvalue weighted by atomic mass is 19.1. The molecule has 0 N–H and O–H groups in total. The summed E-state index contributed by atoms with van der Waals surface area (Å²) in [5.41, 5.74) is -1.23. The second-order valence-corrected chi connectivity index (χ2v) is 5.29. The lowest BCUT2D eigenvalue weighted by Crippen LogP contribution is -2.45. The van der Waals surface area contributed by atoms with Crippen LogP contribution >= 0.6 is 0 Å². The van der Waals surface area contributed by atoms with E-state index in [4.69, 9.17) is 0 Å². The predicted molar refractivity (Wildman–Crippen MR) is 74.0 cm³/mol. The molecule has 6 heteroatoms. The van der Waals surface area contributed by atoms with Crippen molar-refractivity contribution in [1.29, 1.82) is 0 Å². The molecular weight excluding hydrogens is 263 g/mol. The lowest BCUT2D eigenvalue weighted by atomic mass is 10.0. The fourth-order valence-electron chi connectivity index (χ4n) is 1.77. The average Bonchev–Trinajstić information content (AvgIpc) is 2.33. The van der Waals surface area contributed by atoms with Crippen molar-refractivity contribution < 1.29 is 14.1 Å². The number of benzene rings is 1. The number of amides is 1. The van der Waals surface area contributed by atoms with Crippen molar-refractivity contribution in [3.05, 3.63) is 52.3 Å². The lowest BCUT2D eigenvalue weighted by Gasteiger charge is -2.34. The zero-order chi connectivity index (χ0) is 15.5. The minimum absolute atomic E-state index is 0.218. The monoisotopic (exact) mass is 280 g/mol. The Morgan fingerprint density at radius 1 is 1.50 bits per heavy atom. The molecule has 0 aliphatic rings. The summed E-state index contributed by atoms with van der Waals surface area (Å²) in [6.07, 6.45) is 1.52. The van der Waals surface area contributed by atoms with Crippen molar-refractivity contribution >= 4 is 11.6 Å². The summed E-state index contributed by atoms with van der Waals surface area (Å²) in [6, 6.07) is 2.85. The lowest BCUT2D eigenvalue weighted by molar-refractivity contribution is -0.385. The Balaban J connectivity index is 3.34. The van der Waals surface area contributed by atoms with Gasteiger partial charge in [-0.25, -0.2) is 4.39 Å². The Kier molecular flexibility index (Phi) is 4.60. The Labute approximate surface area is 116 Å². The minimum atomic E-state index is -0.693. The molecule has 0 aromatic heterocycles. The van der Waals surface area contributed by atoms with Crippen LogP contribution in [0.25, 0.3) is 0 Å². The number of hydrogen-bond donors (Lipinski definition) is 0. The third kappa shape index (κ3) is 3.40. The molecule has 0 saturated carbocycles. The van der Waals surface area contributed by atoms with Gasteiger partial charge in [0, 0.05) is 18.2 Å². The van der Waals surface area contributed by atoms with Gasteiger partial charge in [0.2, 0.25) is 0 Å². The standard InChI is InChI=1S/C14H17FN2O3/c1-5-8-16(14(2,3)4)13(18)11-9-10(15)6-7-12(11)17(19)20/h5-7,9H,1,8H2,2-4H3. The molecule has 5 nitrogen and oxygen atoms in total. The number of carbonyl (C=O) groups is 1. The summed E-state index contributed by atoms with van der Waals surface area (Å²) < 4.78 is 13.3. The average molecular weight is 280 g/mol. The minimum Gasteiger partial charge on any atom is -0.330 e. The summed E-state index contributed by atoms with van der Waals surface area (Å²) in [5, 5.41) is 11.0. The summed E-state index contributed by atoms with van der Waals surface area (Å²) in [7, 11) is 0. The maximum Gasteiger partial charge on any atom is 0.282 e. The highest BCUT2D eigenvalue weighted by Crippen LogP contribution is 2.24. The van der Waals surface area contributed by atoms with Gasteiger partial charge >= 0.3 is 0 Å². The van der Waals surface area contributed by atoms with E-state index in [1.807, 2.05) is 0 Å². The van der Waals surface area contributed by atoms with Gasteiger partial charge in [-0.1, -0.05) is 6.08 Å². The number of nitro benzene ring substituents is 1. The van der Waals surface area contributed by atoms with E-state index in [2.05, 4.69) is 6.58 Å². The van der Waals surface area contributed by atoms with Crippen molar-refractivity contribution in [2.75, 3.05) is 6.54 Å². The van der Waals surface area contributed by atoms with Gasteiger partial charge in [0.1, 0.15) is 11.4 Å². The van der Waals surface area contributed by atoms with E-state index in [1.165, 1.54) is 11.0 Å². The van der Waals surface area contributed by atoms with Gasteiger partial charge in [0.15, 0.2) is 0 Å². The third-order valence-corrected chi connectivity index (χ3v) is 2.75. The molecule has 1 aromatic carbocycles. The van der Waals surface area contributed by atoms with E-state index in [0.717, 1.165) is 18.2 Å². The molecule has 0 unspecified atom stereocenters. The largest absolute Gasteiger partial charge is 0.330 e. The van der Waals surface area contributed by atoms with Crippen LogP contribution in [0, 0.1) is 15.9 Å². The Morgan fingerprint density at radius 2 is 2.10 bits per heavy atom. The van der Waals surface area contributed by atoms with Crippen molar-refractivity contribution in [1.82, 2.24) is 4.90 Å². The second-order valence-electron chi connectivity index (χ2n) is 5.29. The van der Waals surface area contributed by atoms with Crippen molar-refractivity contribution in [3.8, 4) is 0 Å². The molecule has 1 aromatic rings. The topological polar surface area (TPSA) is 63.5 Å². The van der Waals surface area contributed by atoms with Crippen molar-refractivity contribution in [2.45, 2.75) is 26.3 Å². The zero-order valence-electron chi connectivity index (χ0n) is 11.7. The molecule has 1 rings (SSSR count).